The molecule has 29 atom stereocenters. The number of esters is 2. The summed E-state index contributed by atoms with van der Waals surface area (Å²) in [6.07, 6.45) is -4.21. The highest BCUT2D eigenvalue weighted by Crippen LogP contribution is 2.61. The second-order valence-corrected chi connectivity index (χ2v) is 28.2. The number of aliphatic hydroxyl groups excluding tert-OH is 4. The summed E-state index contributed by atoms with van der Waals surface area (Å²) < 4.78 is 81.5. The van der Waals surface area contributed by atoms with Crippen LogP contribution in [0.3, 0.4) is 0 Å². The van der Waals surface area contributed by atoms with Gasteiger partial charge < -0.3 is 87.3 Å². The molecule has 1 saturated carbocycles. The Labute approximate surface area is 542 Å². The zero-order chi connectivity index (χ0) is 67.5. The first-order chi connectivity index (χ1) is 43.9. The van der Waals surface area contributed by atoms with Crippen LogP contribution in [-0.4, -0.2) is 197 Å². The van der Waals surface area contributed by atoms with Gasteiger partial charge in [0.05, 0.1) is 86.6 Å². The van der Waals surface area contributed by atoms with E-state index in [0.29, 0.717) is 49.5 Å². The topological polar surface area (TPSA) is 341 Å². The normalized spacial score (nSPS) is 47.6. The number of Topliss-reactive ketones (excluding diaryl/α,β-unsaturated/α-hetero) is 1. The fourth-order valence-electron chi connectivity index (χ4n) is 16.9. The van der Waals surface area contributed by atoms with Gasteiger partial charge in [0.25, 0.3) is 0 Å². The van der Waals surface area contributed by atoms with E-state index >= 15 is 4.79 Å². The number of hydrogen-bond donors (Lipinski definition) is 5. The molecule has 10 aliphatic rings. The van der Waals surface area contributed by atoms with E-state index in [4.69, 9.17) is 61.6 Å². The van der Waals surface area contributed by atoms with Crippen molar-refractivity contribution in [3.8, 4) is 0 Å². The third-order valence-corrected chi connectivity index (χ3v) is 21.7. The molecule has 6 saturated heterocycles. The molecule has 6 aliphatic heterocycles. The maximum Gasteiger partial charge on any atom is 0.407 e. The van der Waals surface area contributed by atoms with Crippen LogP contribution in [0.5, 0.6) is 0 Å². The van der Waals surface area contributed by atoms with Crippen molar-refractivity contribution in [2.75, 3.05) is 7.11 Å². The second-order valence-electron chi connectivity index (χ2n) is 28.2. The summed E-state index contributed by atoms with van der Waals surface area (Å²) >= 11 is 0. The molecule has 6 heterocycles. The number of hydrogen-bond acceptors (Lipinski definition) is 24. The molecular formula is C67H96N2O24. The lowest BCUT2D eigenvalue weighted by molar-refractivity contribution is -0.584. The van der Waals surface area contributed by atoms with E-state index in [-0.39, 0.29) is 43.1 Å². The maximum absolute atomic E-state index is 15.6. The Bertz CT molecular complexity index is 2960. The first-order valence-corrected chi connectivity index (χ1v) is 33.1. The monoisotopic (exact) mass is 1310 g/mol. The fourth-order valence-corrected chi connectivity index (χ4v) is 16.9. The molecule has 26 heteroatoms. The number of ether oxygens (including phenoxy) is 13. The lowest BCUT2D eigenvalue weighted by Crippen LogP contribution is -2.65. The van der Waals surface area contributed by atoms with Gasteiger partial charge in [-0.2, -0.15) is 0 Å². The molecule has 0 aromatic carbocycles. The average molecular weight is 1310 g/mol. The highest BCUT2D eigenvalue weighted by Gasteiger charge is 2.65. The van der Waals surface area contributed by atoms with Gasteiger partial charge in [-0.3, -0.25) is 24.5 Å². The molecule has 0 unspecified atom stereocenters. The van der Waals surface area contributed by atoms with Crippen molar-refractivity contribution < 1.29 is 111 Å². The number of aliphatic hydroxyl groups is 4. The van der Waals surface area contributed by atoms with Gasteiger partial charge in [0, 0.05) is 68.1 Å². The van der Waals surface area contributed by atoms with Crippen molar-refractivity contribution >= 4 is 30.1 Å². The summed E-state index contributed by atoms with van der Waals surface area (Å²) in [6, 6.07) is -1.12. The predicted octanol–water partition coefficient (Wildman–Crippen LogP) is 6.36. The van der Waals surface area contributed by atoms with E-state index in [1.807, 2.05) is 39.8 Å². The molecule has 10 rings (SSSR count). The Kier molecular flexibility index (Phi) is 21.4. The van der Waals surface area contributed by atoms with Crippen LogP contribution in [0.15, 0.2) is 58.4 Å². The van der Waals surface area contributed by atoms with Gasteiger partial charge in [-0.05, 0) is 109 Å². The van der Waals surface area contributed by atoms with E-state index in [2.05, 4.69) is 25.2 Å². The van der Waals surface area contributed by atoms with Crippen molar-refractivity contribution in [2.24, 2.45) is 40.9 Å². The molecule has 0 aromatic rings. The largest absolute Gasteiger partial charge is 0.511 e. The number of amides is 1. The SMILES string of the molecule is COC(=O)N[C@H]1[C@@H](C)O[C@@H](O[C@H]2CC=C(C)[C@@H]3C=C[C@@H]4[C@@H](O[C@H]5C[C@@H](O[C@H]6CC[C@@H](O[C@H]7C[C@@H](O)[C@@H](O[C@H]8CC[C@@H](O)[C@H](C)O8)[C@H](C)O7)[C@H](C)O6)[C@@H](OC(C)=O)[C@H](C)O5)[C@@H](C)C[C@H](C)[C@H]4[C@]3(C)/C(O)=C3/C(=O)O[C@]4(CC(C=O)=C[C@H](O)[C@H]4/C=C/2C)C3=O)C[C@]1(C)[N+](=O)[O-]. The first kappa shape index (κ1) is 70.7. The highest BCUT2D eigenvalue weighted by atomic mass is 16.8. The molecule has 93 heavy (non-hydrogen) atoms. The fraction of sp³-hybridized carbons (Fsp3) is 0.776. The molecule has 7 fully saturated rings. The van der Waals surface area contributed by atoms with E-state index in [1.54, 1.807) is 33.8 Å². The second kappa shape index (κ2) is 28.2. The van der Waals surface area contributed by atoms with E-state index in [9.17, 15) is 49.7 Å². The molecule has 5 N–H and O–H groups in total. The number of nitrogens with zero attached hydrogens (tertiary/aromatic N) is 1. The Morgan fingerprint density at radius 3 is 2.01 bits per heavy atom. The van der Waals surface area contributed by atoms with Crippen molar-refractivity contribution in [1.82, 2.24) is 5.32 Å². The van der Waals surface area contributed by atoms with Crippen molar-refractivity contribution in [3.05, 3.63) is 68.5 Å². The Morgan fingerprint density at radius 2 is 1.35 bits per heavy atom. The number of carbonyl (C=O) groups is 5. The zero-order valence-electron chi connectivity index (χ0n) is 55.4. The number of nitrogens with one attached hydrogen (secondary N) is 1. The van der Waals surface area contributed by atoms with Gasteiger partial charge in [-0.25, -0.2) is 9.59 Å². The van der Waals surface area contributed by atoms with Gasteiger partial charge in [-0.15, -0.1) is 0 Å². The average Bonchev–Trinajstić information content (AvgIpc) is 1.68. The maximum atomic E-state index is 15.6. The molecule has 0 aromatic heterocycles. The van der Waals surface area contributed by atoms with Crippen molar-refractivity contribution in [3.63, 3.8) is 0 Å². The molecule has 26 nitrogen and oxygen atoms in total. The summed E-state index contributed by atoms with van der Waals surface area (Å²) in [5.74, 6) is -6.46. The smallest absolute Gasteiger partial charge is 0.407 e. The number of alkyl carbamates (subject to hydrolysis) is 1. The standard InChI is InChI=1S/C67H96N2O24/c1-30-14-18-47(88-54-28-65(11,69(79)80)60(38(9)86-54)68-64(78)81-13)31(2)23-43-45(73)24-40(29-70)27-67(43)62(76)55(63(77)93-67)61(75)66(12)42(30)16-15-41-56(66)32(3)22-33(4)57(41)92-53-26-49(59(37(8)85-53)87-39(10)71)90-50-21-19-48(35(6)83-50)89-52-25-46(74)58(36(7)84-52)91-51-20-17-44(72)34(5)82-51/h14-16,23-24,29,32-38,41-54,56-60,72-75H,17-22,25-28H2,1-13H3,(H,68,78)/b30-14?,31-23+,61-55-/t32-,33-,34-,35-,36-,37-,38+,41-,42-,43+,44+,45-,46+,47-,48+,49+,50-,51-,52-,53-,54-,56+,57-,58-,59-,60-,65-,66+,67-/m0/s1. The third-order valence-electron chi connectivity index (χ3n) is 21.7. The van der Waals surface area contributed by atoms with Gasteiger partial charge >= 0.3 is 18.0 Å². The third kappa shape index (κ3) is 14.0. The molecule has 1 amide bonds. The van der Waals surface area contributed by atoms with Crippen LogP contribution in [0, 0.1) is 51.0 Å². The molecule has 0 radical (unpaired) electrons. The van der Waals surface area contributed by atoms with Crippen LogP contribution in [0.2, 0.25) is 0 Å². The summed E-state index contributed by atoms with van der Waals surface area (Å²) in [6.45, 7) is 21.0. The minimum Gasteiger partial charge on any atom is -0.511 e. The summed E-state index contributed by atoms with van der Waals surface area (Å²) in [5.41, 5.74) is -4.91. The van der Waals surface area contributed by atoms with E-state index in [1.165, 1.54) is 19.9 Å². The number of rotatable bonds is 14. The van der Waals surface area contributed by atoms with Crippen LogP contribution in [0.25, 0.3) is 0 Å². The predicted molar refractivity (Wildman–Crippen MR) is 325 cm³/mol. The number of ketones is 1. The quantitative estimate of drug-likeness (QED) is 0.0240. The number of aldehydes is 1. The lowest BCUT2D eigenvalue weighted by atomic mass is 9.49. The summed E-state index contributed by atoms with van der Waals surface area (Å²) in [5, 5.41) is 62.0. The van der Waals surface area contributed by atoms with Crippen molar-refractivity contribution in [2.45, 2.75) is 281 Å². The molecule has 1 spiro atoms. The lowest BCUT2D eigenvalue weighted by Gasteiger charge is -2.56. The van der Waals surface area contributed by atoms with Gasteiger partial charge in [0.15, 0.2) is 43.2 Å². The van der Waals surface area contributed by atoms with Crippen molar-refractivity contribution in [1.29, 1.82) is 0 Å². The minimum absolute atomic E-state index is 0.00196. The highest BCUT2D eigenvalue weighted by molar-refractivity contribution is 6.26. The van der Waals surface area contributed by atoms with Crippen LogP contribution < -0.4 is 5.32 Å². The number of fused-ring (bicyclic) bond motifs is 4. The van der Waals surface area contributed by atoms with Crippen LogP contribution >= 0.6 is 0 Å². The minimum atomic E-state index is -2.20. The molecule has 2 bridgehead atoms. The van der Waals surface area contributed by atoms with Crippen LogP contribution in [0.1, 0.15) is 147 Å². The molecule has 4 aliphatic carbocycles. The number of nitro groups is 1. The van der Waals surface area contributed by atoms with E-state index < -0.39 is 210 Å². The Morgan fingerprint density at radius 1 is 0.720 bits per heavy atom. The number of methoxy groups -OCH3 is 1. The number of allylic oxidation sites excluding steroid dienone is 3. The van der Waals surface area contributed by atoms with E-state index in [0.717, 1.165) is 7.11 Å². The van der Waals surface area contributed by atoms with Crippen LogP contribution in [0.4, 0.5) is 4.79 Å². The number of carbonyl (C=O) groups excluding carboxylic acids is 5. The Balaban J connectivity index is 0.904. The summed E-state index contributed by atoms with van der Waals surface area (Å²) in [7, 11) is 1.15. The van der Waals surface area contributed by atoms with Gasteiger partial charge in [-0.1, -0.05) is 50.6 Å². The van der Waals surface area contributed by atoms with Gasteiger partial charge in [0.1, 0.15) is 35.9 Å². The molecule has 518 valence electrons. The summed E-state index contributed by atoms with van der Waals surface area (Å²) in [4.78, 5) is 80.4. The molecular weight excluding hydrogens is 1220 g/mol. The van der Waals surface area contributed by atoms with Gasteiger partial charge in [0.2, 0.25) is 11.3 Å². The first-order valence-electron chi connectivity index (χ1n) is 33.1. The van der Waals surface area contributed by atoms with Crippen LogP contribution in [-0.2, 0) is 80.8 Å². The zero-order valence-corrected chi connectivity index (χ0v) is 55.4. The Hall–Kier alpha value is -5.07.